The van der Waals surface area contributed by atoms with Gasteiger partial charge in [0.15, 0.2) is 5.65 Å². The SMILES string of the molecule is Clc1ccc2[nH]c(C3CCCNC3)nc2n1. The average molecular weight is 237 g/mol. The molecule has 1 fully saturated rings. The van der Waals surface area contributed by atoms with Gasteiger partial charge in [-0.15, -0.1) is 0 Å². The first-order valence-corrected chi connectivity index (χ1v) is 5.93. The number of H-pyrrole nitrogens is 1. The van der Waals surface area contributed by atoms with Crippen LogP contribution in [0.3, 0.4) is 0 Å². The van der Waals surface area contributed by atoms with Gasteiger partial charge < -0.3 is 10.3 Å². The number of pyridine rings is 1. The Kier molecular flexibility index (Phi) is 2.53. The molecular weight excluding hydrogens is 224 g/mol. The second kappa shape index (κ2) is 4.03. The van der Waals surface area contributed by atoms with Crippen LogP contribution in [-0.4, -0.2) is 28.0 Å². The van der Waals surface area contributed by atoms with Gasteiger partial charge in [-0.05, 0) is 31.5 Å². The molecule has 5 heteroatoms. The van der Waals surface area contributed by atoms with E-state index in [0.29, 0.717) is 16.7 Å². The number of halogens is 1. The fourth-order valence-corrected chi connectivity index (χ4v) is 2.31. The van der Waals surface area contributed by atoms with E-state index in [1.807, 2.05) is 6.07 Å². The van der Waals surface area contributed by atoms with Gasteiger partial charge in [-0.2, -0.15) is 0 Å². The summed E-state index contributed by atoms with van der Waals surface area (Å²) in [6.07, 6.45) is 2.39. The van der Waals surface area contributed by atoms with E-state index in [-0.39, 0.29) is 0 Å². The molecule has 1 aliphatic heterocycles. The number of hydrogen-bond donors (Lipinski definition) is 2. The number of nitrogens with zero attached hydrogens (tertiary/aromatic N) is 2. The Hall–Kier alpha value is -1.13. The van der Waals surface area contributed by atoms with Gasteiger partial charge in [0.05, 0.1) is 5.52 Å². The summed E-state index contributed by atoms with van der Waals surface area (Å²) >= 11 is 5.84. The molecule has 4 nitrogen and oxygen atoms in total. The highest BCUT2D eigenvalue weighted by molar-refractivity contribution is 6.29. The summed E-state index contributed by atoms with van der Waals surface area (Å²) in [4.78, 5) is 12.0. The number of aromatic amines is 1. The van der Waals surface area contributed by atoms with Gasteiger partial charge in [0.2, 0.25) is 0 Å². The molecule has 0 aliphatic carbocycles. The Morgan fingerprint density at radius 2 is 2.25 bits per heavy atom. The van der Waals surface area contributed by atoms with E-state index in [2.05, 4.69) is 20.3 Å². The van der Waals surface area contributed by atoms with Crippen molar-refractivity contribution in [3.63, 3.8) is 0 Å². The first kappa shape index (κ1) is 10.1. The zero-order valence-corrected chi connectivity index (χ0v) is 9.59. The number of imidazole rings is 1. The third kappa shape index (κ3) is 1.79. The summed E-state index contributed by atoms with van der Waals surface area (Å²) in [5, 5.41) is 3.88. The highest BCUT2D eigenvalue weighted by atomic mass is 35.5. The molecule has 0 saturated carbocycles. The summed E-state index contributed by atoms with van der Waals surface area (Å²) in [6.45, 7) is 2.11. The fraction of sp³-hybridized carbons (Fsp3) is 0.455. The van der Waals surface area contributed by atoms with E-state index >= 15 is 0 Å². The molecule has 1 unspecified atom stereocenters. The molecule has 2 aromatic rings. The Labute approximate surface area is 98.4 Å². The molecule has 3 heterocycles. The van der Waals surface area contributed by atoms with E-state index in [1.54, 1.807) is 6.07 Å². The predicted octanol–water partition coefficient (Wildman–Crippen LogP) is 2.08. The topological polar surface area (TPSA) is 53.6 Å². The van der Waals surface area contributed by atoms with Crippen LogP contribution in [0.4, 0.5) is 0 Å². The number of nitrogens with one attached hydrogen (secondary N) is 2. The van der Waals surface area contributed by atoms with Crippen LogP contribution in [0.25, 0.3) is 11.2 Å². The van der Waals surface area contributed by atoms with Gasteiger partial charge in [-0.1, -0.05) is 11.6 Å². The highest BCUT2D eigenvalue weighted by Gasteiger charge is 2.18. The lowest BCUT2D eigenvalue weighted by molar-refractivity contribution is 0.449. The number of piperidine rings is 1. The fourth-order valence-electron chi connectivity index (χ4n) is 2.17. The Morgan fingerprint density at radius 1 is 1.31 bits per heavy atom. The van der Waals surface area contributed by atoms with Crippen molar-refractivity contribution in [2.45, 2.75) is 18.8 Å². The molecule has 0 radical (unpaired) electrons. The van der Waals surface area contributed by atoms with Crippen LogP contribution in [0.5, 0.6) is 0 Å². The summed E-state index contributed by atoms with van der Waals surface area (Å²) < 4.78 is 0. The van der Waals surface area contributed by atoms with Crippen molar-refractivity contribution >= 4 is 22.8 Å². The van der Waals surface area contributed by atoms with Gasteiger partial charge in [-0.3, -0.25) is 0 Å². The molecule has 0 aromatic carbocycles. The molecule has 1 atom stereocenters. The zero-order valence-electron chi connectivity index (χ0n) is 8.83. The largest absolute Gasteiger partial charge is 0.340 e. The molecule has 1 aliphatic rings. The van der Waals surface area contributed by atoms with Crippen LogP contribution >= 0.6 is 11.6 Å². The van der Waals surface area contributed by atoms with E-state index in [1.165, 1.54) is 12.8 Å². The smallest absolute Gasteiger partial charge is 0.179 e. The summed E-state index contributed by atoms with van der Waals surface area (Å²) in [5.41, 5.74) is 1.68. The number of hydrogen-bond acceptors (Lipinski definition) is 3. The van der Waals surface area contributed by atoms with Gasteiger partial charge in [-0.25, -0.2) is 9.97 Å². The highest BCUT2D eigenvalue weighted by Crippen LogP contribution is 2.23. The minimum atomic E-state index is 0.474. The van der Waals surface area contributed by atoms with Crippen LogP contribution in [0, 0.1) is 0 Å². The van der Waals surface area contributed by atoms with E-state index in [0.717, 1.165) is 24.4 Å². The van der Waals surface area contributed by atoms with Crippen LogP contribution < -0.4 is 5.32 Å². The third-order valence-corrected chi connectivity index (χ3v) is 3.22. The molecule has 1 saturated heterocycles. The zero-order chi connectivity index (χ0) is 11.0. The minimum Gasteiger partial charge on any atom is -0.340 e. The maximum Gasteiger partial charge on any atom is 0.179 e. The second-order valence-corrected chi connectivity index (χ2v) is 4.56. The van der Waals surface area contributed by atoms with Crippen molar-refractivity contribution in [2.24, 2.45) is 0 Å². The number of fused-ring (bicyclic) bond motifs is 1. The Morgan fingerprint density at radius 3 is 3.06 bits per heavy atom. The standard InChI is InChI=1S/C11H13ClN4/c12-9-4-3-8-11(15-9)16-10(14-8)7-2-1-5-13-6-7/h3-4,7,13H,1-2,5-6H2,(H,14,15,16). The van der Waals surface area contributed by atoms with E-state index in [4.69, 9.17) is 11.6 Å². The van der Waals surface area contributed by atoms with Crippen molar-refractivity contribution < 1.29 is 0 Å². The number of rotatable bonds is 1. The second-order valence-electron chi connectivity index (χ2n) is 4.17. The van der Waals surface area contributed by atoms with Crippen LogP contribution in [-0.2, 0) is 0 Å². The molecule has 2 N–H and O–H groups in total. The maximum absolute atomic E-state index is 5.84. The Bertz CT molecular complexity index is 502. The summed E-state index contributed by atoms with van der Waals surface area (Å²) in [6, 6.07) is 3.71. The monoisotopic (exact) mass is 236 g/mol. The first-order valence-electron chi connectivity index (χ1n) is 5.56. The molecular formula is C11H13ClN4. The number of aromatic nitrogens is 3. The lowest BCUT2D eigenvalue weighted by Crippen LogP contribution is -2.28. The third-order valence-electron chi connectivity index (χ3n) is 3.01. The molecule has 84 valence electrons. The van der Waals surface area contributed by atoms with Crippen molar-refractivity contribution in [3.05, 3.63) is 23.1 Å². The average Bonchev–Trinajstić information content (AvgIpc) is 2.73. The van der Waals surface area contributed by atoms with Gasteiger partial charge in [0, 0.05) is 12.5 Å². The molecule has 3 rings (SSSR count). The van der Waals surface area contributed by atoms with Crippen molar-refractivity contribution in [2.75, 3.05) is 13.1 Å². The Balaban J connectivity index is 1.97. The van der Waals surface area contributed by atoms with Crippen molar-refractivity contribution in [3.8, 4) is 0 Å². The van der Waals surface area contributed by atoms with Crippen LogP contribution in [0.1, 0.15) is 24.6 Å². The van der Waals surface area contributed by atoms with Gasteiger partial charge in [0.25, 0.3) is 0 Å². The van der Waals surface area contributed by atoms with Crippen molar-refractivity contribution in [1.82, 2.24) is 20.3 Å². The maximum atomic E-state index is 5.84. The first-order chi connectivity index (χ1) is 7.83. The molecule has 0 spiro atoms. The lowest BCUT2D eigenvalue weighted by atomic mass is 9.99. The van der Waals surface area contributed by atoms with Crippen LogP contribution in [0.2, 0.25) is 5.15 Å². The van der Waals surface area contributed by atoms with Gasteiger partial charge in [0.1, 0.15) is 11.0 Å². The molecule has 16 heavy (non-hydrogen) atoms. The summed E-state index contributed by atoms with van der Waals surface area (Å²) in [7, 11) is 0. The molecule has 0 amide bonds. The predicted molar refractivity (Wildman–Crippen MR) is 63.7 cm³/mol. The minimum absolute atomic E-state index is 0.474. The molecule has 0 bridgehead atoms. The molecule has 2 aromatic heterocycles. The van der Waals surface area contributed by atoms with Gasteiger partial charge >= 0.3 is 0 Å². The van der Waals surface area contributed by atoms with E-state index < -0.39 is 0 Å². The quantitative estimate of drug-likeness (QED) is 0.746. The normalized spacial score (nSPS) is 21.4. The van der Waals surface area contributed by atoms with Crippen LogP contribution in [0.15, 0.2) is 12.1 Å². The van der Waals surface area contributed by atoms with Crippen molar-refractivity contribution in [1.29, 1.82) is 0 Å². The van der Waals surface area contributed by atoms with E-state index in [9.17, 15) is 0 Å². The lowest BCUT2D eigenvalue weighted by Gasteiger charge is -2.20. The summed E-state index contributed by atoms with van der Waals surface area (Å²) in [5.74, 6) is 1.50.